The van der Waals surface area contributed by atoms with Crippen LogP contribution in [0.3, 0.4) is 0 Å². The number of carbonyl (C=O) groups is 1. The Bertz CT molecular complexity index is 1040. The van der Waals surface area contributed by atoms with Gasteiger partial charge < -0.3 is 14.4 Å². The van der Waals surface area contributed by atoms with E-state index in [0.29, 0.717) is 42.3 Å². The second kappa shape index (κ2) is 7.72. The van der Waals surface area contributed by atoms with E-state index in [1.54, 1.807) is 33.0 Å². The van der Waals surface area contributed by atoms with E-state index >= 15 is 0 Å². The van der Waals surface area contributed by atoms with E-state index in [1.807, 2.05) is 18.2 Å². The fourth-order valence-corrected chi connectivity index (χ4v) is 3.33. The standard InChI is InChI=1S/C20H22N4O4/c1-12-13(2)22-24(20(26)16(12)9-21)11-19(25)23-6-5-14-7-17(27-3)18(28-4)8-15(14)10-23/h7-8H,5-6,10-11H2,1-4H3. The van der Waals surface area contributed by atoms with Crippen molar-refractivity contribution in [2.45, 2.75) is 33.4 Å². The van der Waals surface area contributed by atoms with Crippen molar-refractivity contribution in [1.82, 2.24) is 14.7 Å². The van der Waals surface area contributed by atoms with Crippen LogP contribution in [0.1, 0.15) is 27.9 Å². The molecule has 1 aromatic carbocycles. The molecule has 0 bridgehead atoms. The highest BCUT2D eigenvalue weighted by atomic mass is 16.5. The Morgan fingerprint density at radius 3 is 2.46 bits per heavy atom. The lowest BCUT2D eigenvalue weighted by Gasteiger charge is -2.29. The van der Waals surface area contributed by atoms with Gasteiger partial charge >= 0.3 is 0 Å². The summed E-state index contributed by atoms with van der Waals surface area (Å²) in [5.74, 6) is 1.05. The quantitative estimate of drug-likeness (QED) is 0.791. The zero-order valence-electron chi connectivity index (χ0n) is 16.4. The highest BCUT2D eigenvalue weighted by molar-refractivity contribution is 5.76. The minimum atomic E-state index is -0.539. The molecule has 2 aromatic rings. The molecule has 1 aliphatic rings. The van der Waals surface area contributed by atoms with Crippen LogP contribution >= 0.6 is 0 Å². The maximum Gasteiger partial charge on any atom is 0.285 e. The monoisotopic (exact) mass is 382 g/mol. The summed E-state index contributed by atoms with van der Waals surface area (Å²) in [5, 5.41) is 13.4. The molecule has 2 heterocycles. The molecule has 1 aromatic heterocycles. The highest BCUT2D eigenvalue weighted by Gasteiger charge is 2.24. The molecule has 1 amide bonds. The first-order chi connectivity index (χ1) is 13.4. The molecule has 0 aliphatic carbocycles. The average molecular weight is 382 g/mol. The summed E-state index contributed by atoms with van der Waals surface area (Å²) < 4.78 is 11.8. The summed E-state index contributed by atoms with van der Waals surface area (Å²) in [4.78, 5) is 26.9. The predicted octanol–water partition coefficient (Wildman–Crippen LogP) is 1.33. The van der Waals surface area contributed by atoms with E-state index in [-0.39, 0.29) is 18.0 Å². The molecule has 28 heavy (non-hydrogen) atoms. The predicted molar refractivity (Wildman–Crippen MR) is 101 cm³/mol. The molecule has 146 valence electrons. The molecular weight excluding hydrogens is 360 g/mol. The molecule has 0 saturated carbocycles. The Balaban J connectivity index is 1.84. The largest absolute Gasteiger partial charge is 0.493 e. The third kappa shape index (κ3) is 3.43. The Morgan fingerprint density at radius 2 is 1.86 bits per heavy atom. The first kappa shape index (κ1) is 19.4. The van der Waals surface area contributed by atoms with Crippen LogP contribution in [0.25, 0.3) is 0 Å². The molecule has 8 nitrogen and oxygen atoms in total. The number of carbonyl (C=O) groups excluding carboxylic acids is 1. The molecule has 3 rings (SSSR count). The van der Waals surface area contributed by atoms with Crippen LogP contribution in [0.15, 0.2) is 16.9 Å². The third-order valence-corrected chi connectivity index (χ3v) is 5.10. The number of benzene rings is 1. The first-order valence-corrected chi connectivity index (χ1v) is 8.89. The van der Waals surface area contributed by atoms with Gasteiger partial charge in [-0.2, -0.15) is 10.4 Å². The van der Waals surface area contributed by atoms with Gasteiger partial charge in [-0.25, -0.2) is 4.68 Å². The van der Waals surface area contributed by atoms with Gasteiger partial charge in [-0.3, -0.25) is 9.59 Å². The van der Waals surface area contributed by atoms with Gasteiger partial charge in [0.25, 0.3) is 5.56 Å². The van der Waals surface area contributed by atoms with Crippen LogP contribution < -0.4 is 15.0 Å². The minimum absolute atomic E-state index is 0.0288. The number of nitrogens with zero attached hydrogens (tertiary/aromatic N) is 4. The third-order valence-electron chi connectivity index (χ3n) is 5.10. The van der Waals surface area contributed by atoms with Gasteiger partial charge in [0.2, 0.25) is 5.91 Å². The van der Waals surface area contributed by atoms with Gasteiger partial charge in [0.05, 0.1) is 19.9 Å². The van der Waals surface area contributed by atoms with E-state index in [2.05, 4.69) is 5.10 Å². The normalized spacial score (nSPS) is 12.9. The van der Waals surface area contributed by atoms with E-state index in [1.165, 1.54) is 0 Å². The Kier molecular flexibility index (Phi) is 5.36. The van der Waals surface area contributed by atoms with Crippen LogP contribution in [0.5, 0.6) is 11.5 Å². The minimum Gasteiger partial charge on any atom is -0.493 e. The zero-order chi connectivity index (χ0) is 20.4. The molecule has 8 heteroatoms. The van der Waals surface area contributed by atoms with E-state index in [4.69, 9.17) is 9.47 Å². The number of aryl methyl sites for hydroxylation is 1. The van der Waals surface area contributed by atoms with Crippen molar-refractivity contribution in [3.63, 3.8) is 0 Å². The number of hydrogen-bond acceptors (Lipinski definition) is 6. The van der Waals surface area contributed by atoms with Crippen LogP contribution in [-0.2, 0) is 24.3 Å². The highest BCUT2D eigenvalue weighted by Crippen LogP contribution is 2.33. The van der Waals surface area contributed by atoms with Gasteiger partial charge in [-0.1, -0.05) is 0 Å². The Hall–Kier alpha value is -3.34. The van der Waals surface area contributed by atoms with Crippen LogP contribution in [-0.4, -0.2) is 41.4 Å². The lowest BCUT2D eigenvalue weighted by Crippen LogP contribution is -2.41. The molecule has 0 spiro atoms. The number of rotatable bonds is 4. The number of hydrogen-bond donors (Lipinski definition) is 0. The number of aromatic nitrogens is 2. The van der Waals surface area contributed by atoms with Crippen LogP contribution in [0.4, 0.5) is 0 Å². The summed E-state index contributed by atoms with van der Waals surface area (Å²) in [6, 6.07) is 5.72. The maximum absolute atomic E-state index is 12.8. The second-order valence-corrected chi connectivity index (χ2v) is 6.70. The number of amides is 1. The number of nitriles is 1. The molecule has 0 atom stereocenters. The van der Waals surface area contributed by atoms with E-state index < -0.39 is 5.56 Å². The number of methoxy groups -OCH3 is 2. The van der Waals surface area contributed by atoms with Crippen molar-refractivity contribution >= 4 is 5.91 Å². The number of fused-ring (bicyclic) bond motifs is 1. The fraction of sp³-hybridized carbons (Fsp3) is 0.400. The molecule has 1 aliphatic heterocycles. The van der Waals surface area contributed by atoms with Gasteiger partial charge in [-0.15, -0.1) is 0 Å². The van der Waals surface area contributed by atoms with Crippen LogP contribution in [0.2, 0.25) is 0 Å². The zero-order valence-corrected chi connectivity index (χ0v) is 16.4. The smallest absolute Gasteiger partial charge is 0.285 e. The fourth-order valence-electron chi connectivity index (χ4n) is 3.33. The molecule has 0 unspecified atom stereocenters. The summed E-state index contributed by atoms with van der Waals surface area (Å²) >= 11 is 0. The molecule has 0 radical (unpaired) electrons. The van der Waals surface area contributed by atoms with Crippen molar-refractivity contribution in [3.8, 4) is 17.6 Å². The van der Waals surface area contributed by atoms with Crippen molar-refractivity contribution in [1.29, 1.82) is 5.26 Å². The van der Waals surface area contributed by atoms with Crippen molar-refractivity contribution in [2.75, 3.05) is 20.8 Å². The van der Waals surface area contributed by atoms with E-state index in [0.717, 1.165) is 15.8 Å². The Labute approximate surface area is 162 Å². The van der Waals surface area contributed by atoms with Gasteiger partial charge in [0.15, 0.2) is 11.5 Å². The number of ether oxygens (including phenoxy) is 2. The lowest BCUT2D eigenvalue weighted by molar-refractivity contribution is -0.133. The van der Waals surface area contributed by atoms with Gasteiger partial charge in [0, 0.05) is 13.1 Å². The Morgan fingerprint density at radius 1 is 1.21 bits per heavy atom. The molecular formula is C20H22N4O4. The maximum atomic E-state index is 12.8. The lowest BCUT2D eigenvalue weighted by atomic mass is 9.98. The van der Waals surface area contributed by atoms with Gasteiger partial charge in [0.1, 0.15) is 18.2 Å². The van der Waals surface area contributed by atoms with Crippen molar-refractivity contribution in [2.24, 2.45) is 0 Å². The summed E-state index contributed by atoms with van der Waals surface area (Å²) in [6.45, 7) is 4.15. The first-order valence-electron chi connectivity index (χ1n) is 8.89. The molecule has 0 saturated heterocycles. The second-order valence-electron chi connectivity index (χ2n) is 6.70. The van der Waals surface area contributed by atoms with E-state index in [9.17, 15) is 14.9 Å². The van der Waals surface area contributed by atoms with Crippen LogP contribution in [0, 0.1) is 25.2 Å². The van der Waals surface area contributed by atoms with Gasteiger partial charge in [-0.05, 0) is 49.1 Å². The summed E-state index contributed by atoms with van der Waals surface area (Å²) in [5.41, 5.74) is 2.68. The SMILES string of the molecule is COc1cc2c(cc1OC)CN(C(=O)Cn1nc(C)c(C)c(C#N)c1=O)CC2. The summed E-state index contributed by atoms with van der Waals surface area (Å²) in [7, 11) is 3.16. The molecule has 0 fully saturated rings. The molecule has 0 N–H and O–H groups in total. The topological polar surface area (TPSA) is 97.4 Å². The average Bonchev–Trinajstić information content (AvgIpc) is 2.70. The van der Waals surface area contributed by atoms with Crippen molar-refractivity contribution in [3.05, 3.63) is 50.4 Å². The van der Waals surface area contributed by atoms with Crippen molar-refractivity contribution < 1.29 is 14.3 Å². The summed E-state index contributed by atoms with van der Waals surface area (Å²) in [6.07, 6.45) is 0.681.